The van der Waals surface area contributed by atoms with E-state index in [1.807, 2.05) is 0 Å². The number of nitrogens with zero attached hydrogens (tertiary/aromatic N) is 6. The molecule has 16 heteroatoms. The second-order valence-corrected chi connectivity index (χ2v) is 11.5. The molecule has 0 fully saturated rings. The predicted molar refractivity (Wildman–Crippen MR) is 180 cm³/mol. The number of carboxylic acid groups (broad SMARTS) is 2. The number of benzene rings is 2. The van der Waals surface area contributed by atoms with Crippen LogP contribution < -0.4 is 11.1 Å². The average Bonchev–Trinajstić information content (AvgIpc) is 3.10. The van der Waals surface area contributed by atoms with Gasteiger partial charge in [0.25, 0.3) is 11.1 Å². The van der Waals surface area contributed by atoms with Crippen LogP contribution in [0.2, 0.25) is 0 Å². The fourth-order valence-electron chi connectivity index (χ4n) is 5.65. The Kier molecular flexibility index (Phi) is 11.5. The lowest BCUT2D eigenvalue weighted by atomic mass is 10.1. The summed E-state index contributed by atoms with van der Waals surface area (Å²) in [6.07, 6.45) is 3.65. The standard InChI is InChI=1S/C19H17F2N3O3.C17H13F2N3O3/c1-2-15(19(26)27)24-16(8-6-11-5-7-12(20)10-14(11)21)23-18(25)13-4-3-9-22-17(13)24;18-11-5-3-10(13(19)8-11)4-6-14-21-17(25)12-2-1-7-20-16(12)22(14)9-15(23)24/h3-5,7,9-10,15H,2,6,8H2,1H3,(H,26,27);1-3,5,7-8H,4,6,9H2,(H,23,24). The van der Waals surface area contributed by atoms with Crippen molar-refractivity contribution in [2.24, 2.45) is 0 Å². The third kappa shape index (κ3) is 8.34. The van der Waals surface area contributed by atoms with Crippen LogP contribution in [0.5, 0.6) is 0 Å². The Morgan fingerprint density at radius 2 is 1.21 bits per heavy atom. The van der Waals surface area contributed by atoms with E-state index >= 15 is 0 Å². The summed E-state index contributed by atoms with van der Waals surface area (Å²) in [7, 11) is 0. The first kappa shape index (κ1) is 36.9. The van der Waals surface area contributed by atoms with Crippen molar-refractivity contribution in [3.8, 4) is 0 Å². The summed E-state index contributed by atoms with van der Waals surface area (Å²) in [6, 6.07) is 11.7. The summed E-state index contributed by atoms with van der Waals surface area (Å²) in [4.78, 5) is 63.5. The molecule has 4 heterocycles. The Morgan fingerprint density at radius 1 is 0.712 bits per heavy atom. The SMILES string of the molecule is CCC(C(=O)O)n1c(CCc2ccc(F)cc2F)nc(=O)c2cccnc21.O=C(O)Cn1c(CCc2ccc(F)cc2F)nc(=O)c2cccnc21. The number of aliphatic carboxylic acids is 2. The first-order valence-electron chi connectivity index (χ1n) is 15.9. The predicted octanol–water partition coefficient (Wildman–Crippen LogP) is 4.83. The van der Waals surface area contributed by atoms with Gasteiger partial charge < -0.3 is 14.8 Å². The van der Waals surface area contributed by atoms with Crippen LogP contribution in [0.3, 0.4) is 0 Å². The summed E-state index contributed by atoms with van der Waals surface area (Å²) in [5, 5.41) is 19.1. The van der Waals surface area contributed by atoms with Crippen LogP contribution in [0.25, 0.3) is 22.1 Å². The van der Waals surface area contributed by atoms with E-state index in [9.17, 15) is 41.8 Å². The number of hydrogen-bond donors (Lipinski definition) is 2. The fraction of sp³-hybridized carbons (Fsp3) is 0.222. The summed E-state index contributed by atoms with van der Waals surface area (Å²) < 4.78 is 56.4. The first-order valence-corrected chi connectivity index (χ1v) is 15.9. The second-order valence-electron chi connectivity index (χ2n) is 11.5. The van der Waals surface area contributed by atoms with Gasteiger partial charge in [-0.1, -0.05) is 19.1 Å². The maximum atomic E-state index is 13.9. The number of rotatable bonds is 11. The number of carbonyl (C=O) groups is 2. The van der Waals surface area contributed by atoms with Crippen LogP contribution in [0, 0.1) is 23.3 Å². The molecule has 0 aliphatic carbocycles. The summed E-state index contributed by atoms with van der Waals surface area (Å²) in [5.41, 5.74) is -0.121. The van der Waals surface area contributed by atoms with E-state index in [1.165, 1.54) is 45.8 Å². The van der Waals surface area contributed by atoms with Gasteiger partial charge in [0.15, 0.2) is 0 Å². The molecule has 12 nitrogen and oxygen atoms in total. The molecule has 0 aliphatic heterocycles. The zero-order chi connectivity index (χ0) is 37.5. The Labute approximate surface area is 291 Å². The van der Waals surface area contributed by atoms with Crippen LogP contribution >= 0.6 is 0 Å². The average molecular weight is 719 g/mol. The lowest BCUT2D eigenvalue weighted by Gasteiger charge is -2.20. The Bertz CT molecular complexity index is 2420. The number of aryl methyl sites for hydroxylation is 4. The monoisotopic (exact) mass is 718 g/mol. The first-order chi connectivity index (χ1) is 24.9. The van der Waals surface area contributed by atoms with E-state index in [1.54, 1.807) is 19.1 Å². The molecular weight excluding hydrogens is 688 g/mol. The molecule has 1 atom stereocenters. The second kappa shape index (κ2) is 16.1. The molecule has 6 aromatic rings. The molecule has 2 N–H and O–H groups in total. The highest BCUT2D eigenvalue weighted by atomic mass is 19.1. The molecule has 2 aromatic carbocycles. The van der Waals surface area contributed by atoms with Crippen molar-refractivity contribution in [3.63, 3.8) is 0 Å². The smallest absolute Gasteiger partial charge is 0.326 e. The molecule has 0 aliphatic rings. The quantitative estimate of drug-likeness (QED) is 0.177. The molecule has 0 spiro atoms. The molecule has 1 unspecified atom stereocenters. The minimum absolute atomic E-state index is 0.105. The number of fused-ring (bicyclic) bond motifs is 2. The highest BCUT2D eigenvalue weighted by Gasteiger charge is 2.24. The normalized spacial score (nSPS) is 11.6. The molecule has 0 amide bonds. The number of hydrogen-bond acceptors (Lipinski definition) is 8. The van der Waals surface area contributed by atoms with E-state index in [2.05, 4.69) is 19.9 Å². The van der Waals surface area contributed by atoms with Crippen LogP contribution in [0.1, 0.15) is 42.2 Å². The van der Waals surface area contributed by atoms with E-state index in [4.69, 9.17) is 5.11 Å². The van der Waals surface area contributed by atoms with Gasteiger partial charge in [-0.2, -0.15) is 9.97 Å². The summed E-state index contributed by atoms with van der Waals surface area (Å²) in [5.74, 6) is -4.59. The van der Waals surface area contributed by atoms with Crippen molar-refractivity contribution in [1.29, 1.82) is 0 Å². The highest BCUT2D eigenvalue weighted by molar-refractivity contribution is 5.79. The van der Waals surface area contributed by atoms with Crippen molar-refractivity contribution in [1.82, 2.24) is 29.1 Å². The molecule has 0 saturated carbocycles. The van der Waals surface area contributed by atoms with Crippen LogP contribution in [-0.4, -0.2) is 51.2 Å². The van der Waals surface area contributed by atoms with E-state index in [-0.39, 0.29) is 76.9 Å². The summed E-state index contributed by atoms with van der Waals surface area (Å²) in [6.45, 7) is 1.27. The van der Waals surface area contributed by atoms with Gasteiger partial charge in [0, 0.05) is 37.4 Å². The minimum Gasteiger partial charge on any atom is -0.480 e. The number of aromatic nitrogens is 6. The Hall–Kier alpha value is -6.32. The Morgan fingerprint density at radius 3 is 1.71 bits per heavy atom. The number of carboxylic acids is 2. The van der Waals surface area contributed by atoms with Crippen molar-refractivity contribution < 1.29 is 37.4 Å². The van der Waals surface area contributed by atoms with Gasteiger partial charge in [-0.15, -0.1) is 0 Å². The largest absolute Gasteiger partial charge is 0.480 e. The van der Waals surface area contributed by atoms with E-state index < -0.39 is 58.9 Å². The molecule has 0 bridgehead atoms. The van der Waals surface area contributed by atoms with Gasteiger partial charge in [0.1, 0.15) is 58.8 Å². The van der Waals surface area contributed by atoms with Crippen molar-refractivity contribution in [2.45, 2.75) is 51.6 Å². The molecule has 6 rings (SSSR count). The molecule has 268 valence electrons. The zero-order valence-electron chi connectivity index (χ0n) is 27.5. The van der Waals surface area contributed by atoms with Gasteiger partial charge in [0.05, 0.1) is 10.8 Å². The molecule has 52 heavy (non-hydrogen) atoms. The van der Waals surface area contributed by atoms with Gasteiger partial charge in [-0.3, -0.25) is 19.0 Å². The molecule has 0 saturated heterocycles. The lowest BCUT2D eigenvalue weighted by molar-refractivity contribution is -0.141. The van der Waals surface area contributed by atoms with Crippen molar-refractivity contribution in [3.05, 3.63) is 140 Å². The maximum absolute atomic E-state index is 13.9. The fourth-order valence-corrected chi connectivity index (χ4v) is 5.65. The van der Waals surface area contributed by atoms with Gasteiger partial charge in [-0.05, 0) is 66.8 Å². The van der Waals surface area contributed by atoms with Crippen molar-refractivity contribution in [2.75, 3.05) is 0 Å². The van der Waals surface area contributed by atoms with Crippen LogP contribution in [0.4, 0.5) is 17.6 Å². The topological polar surface area (TPSA) is 170 Å². The summed E-state index contributed by atoms with van der Waals surface area (Å²) >= 11 is 0. The molecule has 0 radical (unpaired) electrons. The van der Waals surface area contributed by atoms with Crippen LogP contribution in [-0.2, 0) is 41.8 Å². The number of pyridine rings is 2. The van der Waals surface area contributed by atoms with Gasteiger partial charge in [-0.25, -0.2) is 32.3 Å². The Balaban J connectivity index is 0.000000202. The third-order valence-corrected chi connectivity index (χ3v) is 8.11. The third-order valence-electron chi connectivity index (χ3n) is 8.11. The van der Waals surface area contributed by atoms with Gasteiger partial charge in [0.2, 0.25) is 0 Å². The van der Waals surface area contributed by atoms with Crippen molar-refractivity contribution >= 4 is 34.0 Å². The lowest BCUT2D eigenvalue weighted by Crippen LogP contribution is -2.27. The van der Waals surface area contributed by atoms with E-state index in [0.717, 1.165) is 24.3 Å². The minimum atomic E-state index is -1.12. The zero-order valence-corrected chi connectivity index (χ0v) is 27.5. The number of halogens is 4. The van der Waals surface area contributed by atoms with E-state index in [0.29, 0.717) is 0 Å². The maximum Gasteiger partial charge on any atom is 0.326 e. The highest BCUT2D eigenvalue weighted by Crippen LogP contribution is 2.21. The molecular formula is C36H30F4N6O6. The van der Waals surface area contributed by atoms with Gasteiger partial charge >= 0.3 is 11.9 Å². The van der Waals surface area contributed by atoms with Crippen LogP contribution in [0.15, 0.2) is 82.6 Å². The molecule has 4 aromatic heterocycles.